The van der Waals surface area contributed by atoms with E-state index < -0.39 is 12.8 Å². The standard InChI is InChI=1S/C13H9F3O2/c14-13(15,16)8-18-12-6-5-9(7-17)10-3-1-2-4-11(10)12/h1-7H,8H2. The zero-order chi connectivity index (χ0) is 13.2. The summed E-state index contributed by atoms with van der Waals surface area (Å²) in [4.78, 5) is 10.8. The number of benzene rings is 2. The second-order valence-electron chi connectivity index (χ2n) is 3.72. The monoisotopic (exact) mass is 254 g/mol. The molecule has 2 nitrogen and oxygen atoms in total. The zero-order valence-corrected chi connectivity index (χ0v) is 9.20. The summed E-state index contributed by atoms with van der Waals surface area (Å²) in [5.41, 5.74) is 0.421. The van der Waals surface area contributed by atoms with Gasteiger partial charge in [-0.05, 0) is 17.5 Å². The molecule has 0 saturated heterocycles. The molecule has 0 saturated carbocycles. The molecule has 18 heavy (non-hydrogen) atoms. The lowest BCUT2D eigenvalue weighted by molar-refractivity contribution is -0.153. The van der Waals surface area contributed by atoms with Crippen LogP contribution in [-0.2, 0) is 0 Å². The van der Waals surface area contributed by atoms with Crippen LogP contribution in [0.5, 0.6) is 5.75 Å². The van der Waals surface area contributed by atoms with E-state index in [1.807, 2.05) is 0 Å². The van der Waals surface area contributed by atoms with Crippen LogP contribution in [0.4, 0.5) is 13.2 Å². The average molecular weight is 254 g/mol. The second kappa shape index (κ2) is 4.68. The van der Waals surface area contributed by atoms with Gasteiger partial charge in [0, 0.05) is 10.9 Å². The van der Waals surface area contributed by atoms with E-state index in [-0.39, 0.29) is 5.75 Å². The number of ether oxygens (including phenoxy) is 1. The molecule has 0 N–H and O–H groups in total. The van der Waals surface area contributed by atoms with Gasteiger partial charge < -0.3 is 4.74 Å². The largest absolute Gasteiger partial charge is 0.483 e. The topological polar surface area (TPSA) is 26.3 Å². The Bertz CT molecular complexity index is 576. The molecule has 0 spiro atoms. The maximum Gasteiger partial charge on any atom is 0.422 e. The Morgan fingerprint density at radius 3 is 2.33 bits per heavy atom. The second-order valence-corrected chi connectivity index (χ2v) is 3.72. The molecule has 0 atom stereocenters. The summed E-state index contributed by atoms with van der Waals surface area (Å²) in [6, 6.07) is 9.49. The number of alkyl halides is 3. The first-order chi connectivity index (χ1) is 8.51. The number of rotatable bonds is 3. The van der Waals surface area contributed by atoms with Crippen LogP contribution in [0.2, 0.25) is 0 Å². The van der Waals surface area contributed by atoms with Crippen molar-refractivity contribution in [2.45, 2.75) is 6.18 Å². The van der Waals surface area contributed by atoms with Crippen LogP contribution in [0, 0.1) is 0 Å². The predicted molar refractivity (Wildman–Crippen MR) is 60.9 cm³/mol. The van der Waals surface area contributed by atoms with Gasteiger partial charge in [0.05, 0.1) is 0 Å². The Morgan fingerprint density at radius 2 is 1.72 bits per heavy atom. The SMILES string of the molecule is O=Cc1ccc(OCC(F)(F)F)c2ccccc12. The minimum Gasteiger partial charge on any atom is -0.483 e. The van der Waals surface area contributed by atoms with Gasteiger partial charge in [-0.1, -0.05) is 24.3 Å². The highest BCUT2D eigenvalue weighted by Gasteiger charge is 2.28. The molecule has 0 aliphatic heterocycles. The predicted octanol–water partition coefficient (Wildman–Crippen LogP) is 3.59. The molecule has 2 aromatic carbocycles. The van der Waals surface area contributed by atoms with Crippen LogP contribution < -0.4 is 4.74 Å². The summed E-state index contributed by atoms with van der Waals surface area (Å²) in [7, 11) is 0. The summed E-state index contributed by atoms with van der Waals surface area (Å²) < 4.78 is 41.1. The van der Waals surface area contributed by atoms with Gasteiger partial charge >= 0.3 is 6.18 Å². The molecule has 0 bridgehead atoms. The third-order valence-corrected chi connectivity index (χ3v) is 2.44. The minimum absolute atomic E-state index is 0.119. The summed E-state index contributed by atoms with van der Waals surface area (Å²) in [5.74, 6) is 0.119. The molecule has 0 unspecified atom stereocenters. The number of hydrogen-bond acceptors (Lipinski definition) is 2. The first kappa shape index (κ1) is 12.4. The van der Waals surface area contributed by atoms with Gasteiger partial charge in [-0.3, -0.25) is 4.79 Å². The Hall–Kier alpha value is -2.04. The van der Waals surface area contributed by atoms with Gasteiger partial charge in [0.2, 0.25) is 0 Å². The van der Waals surface area contributed by atoms with E-state index in [9.17, 15) is 18.0 Å². The Labute approximate surface area is 101 Å². The van der Waals surface area contributed by atoms with Gasteiger partial charge in [-0.15, -0.1) is 0 Å². The van der Waals surface area contributed by atoms with Gasteiger partial charge in [0.1, 0.15) is 5.75 Å². The fourth-order valence-corrected chi connectivity index (χ4v) is 1.68. The number of halogens is 3. The van der Waals surface area contributed by atoms with E-state index in [4.69, 9.17) is 4.74 Å². The van der Waals surface area contributed by atoms with Crippen molar-refractivity contribution in [3.05, 3.63) is 42.0 Å². The average Bonchev–Trinajstić information content (AvgIpc) is 2.35. The van der Waals surface area contributed by atoms with Crippen molar-refractivity contribution < 1.29 is 22.7 Å². The van der Waals surface area contributed by atoms with Crippen molar-refractivity contribution >= 4 is 17.1 Å². The molecule has 0 fully saturated rings. The molecular weight excluding hydrogens is 245 g/mol. The third kappa shape index (κ3) is 2.61. The van der Waals surface area contributed by atoms with Crippen LogP contribution in [0.1, 0.15) is 10.4 Å². The number of aldehydes is 1. The molecule has 2 rings (SSSR count). The van der Waals surface area contributed by atoms with Crippen LogP contribution in [-0.4, -0.2) is 19.1 Å². The maximum atomic E-state index is 12.1. The number of fused-ring (bicyclic) bond motifs is 1. The Balaban J connectivity index is 2.43. The van der Waals surface area contributed by atoms with E-state index in [0.717, 1.165) is 0 Å². The molecule has 5 heteroatoms. The van der Waals surface area contributed by atoms with Crippen molar-refractivity contribution in [2.75, 3.05) is 6.61 Å². The van der Waals surface area contributed by atoms with E-state index in [0.29, 0.717) is 22.6 Å². The van der Waals surface area contributed by atoms with Gasteiger partial charge in [-0.2, -0.15) is 13.2 Å². The van der Waals surface area contributed by atoms with Gasteiger partial charge in [0.25, 0.3) is 0 Å². The van der Waals surface area contributed by atoms with Crippen LogP contribution >= 0.6 is 0 Å². The first-order valence-corrected chi connectivity index (χ1v) is 5.18. The van der Waals surface area contributed by atoms with E-state index in [1.54, 1.807) is 24.3 Å². The van der Waals surface area contributed by atoms with Crippen molar-refractivity contribution in [1.82, 2.24) is 0 Å². The van der Waals surface area contributed by atoms with E-state index in [1.165, 1.54) is 12.1 Å². The summed E-state index contributed by atoms with van der Waals surface area (Å²) in [6.07, 6.45) is -3.72. The van der Waals surface area contributed by atoms with Gasteiger partial charge in [0.15, 0.2) is 12.9 Å². The Morgan fingerprint density at radius 1 is 1.06 bits per heavy atom. The smallest absolute Gasteiger partial charge is 0.422 e. The normalized spacial score (nSPS) is 11.5. The van der Waals surface area contributed by atoms with Crippen molar-refractivity contribution in [3.8, 4) is 5.75 Å². The highest BCUT2D eigenvalue weighted by atomic mass is 19.4. The van der Waals surface area contributed by atoms with Crippen LogP contribution in [0.3, 0.4) is 0 Å². The molecule has 0 amide bonds. The van der Waals surface area contributed by atoms with Gasteiger partial charge in [-0.25, -0.2) is 0 Å². The number of hydrogen-bond donors (Lipinski definition) is 0. The zero-order valence-electron chi connectivity index (χ0n) is 9.20. The summed E-state index contributed by atoms with van der Waals surface area (Å²) >= 11 is 0. The summed E-state index contributed by atoms with van der Waals surface area (Å²) in [5, 5.41) is 1.07. The van der Waals surface area contributed by atoms with Crippen LogP contribution in [0.15, 0.2) is 36.4 Å². The van der Waals surface area contributed by atoms with E-state index >= 15 is 0 Å². The molecule has 94 valence electrons. The lowest BCUT2D eigenvalue weighted by Crippen LogP contribution is -2.19. The third-order valence-electron chi connectivity index (χ3n) is 2.44. The molecular formula is C13H9F3O2. The molecule has 0 aliphatic carbocycles. The highest BCUT2D eigenvalue weighted by molar-refractivity contribution is 6.00. The number of carbonyl (C=O) groups is 1. The van der Waals surface area contributed by atoms with Crippen molar-refractivity contribution in [3.63, 3.8) is 0 Å². The minimum atomic E-state index is -4.38. The van der Waals surface area contributed by atoms with Crippen molar-refractivity contribution in [1.29, 1.82) is 0 Å². The molecule has 0 aliphatic rings. The van der Waals surface area contributed by atoms with E-state index in [2.05, 4.69) is 0 Å². The lowest BCUT2D eigenvalue weighted by Gasteiger charge is -2.12. The summed E-state index contributed by atoms with van der Waals surface area (Å²) in [6.45, 7) is -1.35. The number of carbonyl (C=O) groups excluding carboxylic acids is 1. The van der Waals surface area contributed by atoms with Crippen molar-refractivity contribution in [2.24, 2.45) is 0 Å². The first-order valence-electron chi connectivity index (χ1n) is 5.18. The Kier molecular flexibility index (Phi) is 3.23. The highest BCUT2D eigenvalue weighted by Crippen LogP contribution is 2.29. The maximum absolute atomic E-state index is 12.1. The lowest BCUT2D eigenvalue weighted by atomic mass is 10.0. The van der Waals surface area contributed by atoms with Crippen LogP contribution in [0.25, 0.3) is 10.8 Å². The quantitative estimate of drug-likeness (QED) is 0.782. The fourth-order valence-electron chi connectivity index (χ4n) is 1.68. The molecule has 0 heterocycles. The molecule has 0 aromatic heterocycles. The molecule has 2 aromatic rings. The fraction of sp³-hybridized carbons (Fsp3) is 0.154. The molecule has 0 radical (unpaired) electrons.